The third-order valence-corrected chi connectivity index (χ3v) is 3.93. The summed E-state index contributed by atoms with van der Waals surface area (Å²) in [6.07, 6.45) is 5.42. The molecule has 1 aromatic rings. The van der Waals surface area contributed by atoms with Crippen molar-refractivity contribution in [3.63, 3.8) is 0 Å². The average molecular weight is 243 g/mol. The molecule has 0 aromatic heterocycles. The SMILES string of the molecule is COC(=O)[C@H]1[C@H]2C=C[C@@H](C2)N1Cc1ccccc1. The van der Waals surface area contributed by atoms with Gasteiger partial charge in [-0.15, -0.1) is 0 Å². The fourth-order valence-electron chi connectivity index (χ4n) is 3.08. The molecule has 2 aliphatic rings. The standard InChI is InChI=1S/C15H17NO2/c1-18-15(17)14-12-7-8-13(9-12)16(14)10-11-5-3-2-4-6-11/h2-8,12-14H,9-10H2,1H3/t12-,13-,14+/m0/s1. The number of esters is 1. The predicted molar refractivity (Wildman–Crippen MR) is 68.8 cm³/mol. The summed E-state index contributed by atoms with van der Waals surface area (Å²) in [4.78, 5) is 14.2. The molecule has 1 saturated heterocycles. The Morgan fingerprint density at radius 3 is 2.83 bits per heavy atom. The Bertz CT molecular complexity index is 469. The summed E-state index contributed by atoms with van der Waals surface area (Å²) in [5, 5.41) is 0. The van der Waals surface area contributed by atoms with Crippen molar-refractivity contribution in [2.75, 3.05) is 7.11 Å². The van der Waals surface area contributed by atoms with Crippen molar-refractivity contribution in [2.45, 2.75) is 25.0 Å². The number of hydrogen-bond acceptors (Lipinski definition) is 3. The number of carbonyl (C=O) groups is 1. The molecule has 0 N–H and O–H groups in total. The first kappa shape index (κ1) is 11.5. The quantitative estimate of drug-likeness (QED) is 0.600. The van der Waals surface area contributed by atoms with E-state index in [2.05, 4.69) is 29.2 Å². The van der Waals surface area contributed by atoms with Gasteiger partial charge >= 0.3 is 5.97 Å². The van der Waals surface area contributed by atoms with Gasteiger partial charge in [0.15, 0.2) is 0 Å². The fourth-order valence-corrected chi connectivity index (χ4v) is 3.08. The van der Waals surface area contributed by atoms with E-state index in [4.69, 9.17) is 4.74 Å². The van der Waals surface area contributed by atoms with Crippen LogP contribution in [0.15, 0.2) is 42.5 Å². The summed E-state index contributed by atoms with van der Waals surface area (Å²) in [6.45, 7) is 0.812. The van der Waals surface area contributed by atoms with Gasteiger partial charge < -0.3 is 4.74 Å². The van der Waals surface area contributed by atoms with Crippen molar-refractivity contribution >= 4 is 5.97 Å². The molecule has 0 unspecified atom stereocenters. The molecule has 1 aliphatic carbocycles. The van der Waals surface area contributed by atoms with E-state index < -0.39 is 0 Å². The Kier molecular flexibility index (Phi) is 2.92. The maximum Gasteiger partial charge on any atom is 0.323 e. The number of hydrogen-bond donors (Lipinski definition) is 0. The first-order chi connectivity index (χ1) is 8.79. The Morgan fingerprint density at radius 1 is 1.33 bits per heavy atom. The second-order valence-electron chi connectivity index (χ2n) is 4.98. The number of carbonyl (C=O) groups excluding carboxylic acids is 1. The zero-order valence-electron chi connectivity index (χ0n) is 10.5. The van der Waals surface area contributed by atoms with Gasteiger partial charge in [-0.25, -0.2) is 0 Å². The monoisotopic (exact) mass is 243 g/mol. The molecule has 94 valence electrons. The van der Waals surface area contributed by atoms with Gasteiger partial charge in [-0.05, 0) is 12.0 Å². The Balaban J connectivity index is 1.82. The van der Waals surface area contributed by atoms with Gasteiger partial charge in [-0.1, -0.05) is 42.5 Å². The van der Waals surface area contributed by atoms with Crippen LogP contribution < -0.4 is 0 Å². The number of rotatable bonds is 3. The highest BCUT2D eigenvalue weighted by Gasteiger charge is 2.46. The van der Waals surface area contributed by atoms with E-state index in [1.807, 2.05) is 18.2 Å². The van der Waals surface area contributed by atoms with Crippen molar-refractivity contribution in [3.05, 3.63) is 48.0 Å². The highest BCUT2D eigenvalue weighted by Crippen LogP contribution is 2.38. The Morgan fingerprint density at radius 2 is 2.11 bits per heavy atom. The third kappa shape index (κ3) is 1.85. The van der Waals surface area contributed by atoms with E-state index in [1.54, 1.807) is 0 Å². The van der Waals surface area contributed by atoms with Crippen LogP contribution in [0.4, 0.5) is 0 Å². The molecule has 3 heteroatoms. The van der Waals surface area contributed by atoms with E-state index in [9.17, 15) is 4.79 Å². The molecule has 0 saturated carbocycles. The van der Waals surface area contributed by atoms with E-state index >= 15 is 0 Å². The van der Waals surface area contributed by atoms with Gasteiger partial charge in [-0.3, -0.25) is 9.69 Å². The van der Waals surface area contributed by atoms with E-state index in [-0.39, 0.29) is 12.0 Å². The van der Waals surface area contributed by atoms with Crippen LogP contribution in [-0.2, 0) is 16.1 Å². The van der Waals surface area contributed by atoms with Gasteiger partial charge in [0.2, 0.25) is 0 Å². The summed E-state index contributed by atoms with van der Waals surface area (Å²) in [7, 11) is 1.47. The molecule has 1 heterocycles. The first-order valence-corrected chi connectivity index (χ1v) is 6.35. The molecule has 2 bridgehead atoms. The second-order valence-corrected chi connectivity index (χ2v) is 4.98. The molecule has 1 fully saturated rings. The zero-order chi connectivity index (χ0) is 12.5. The smallest absolute Gasteiger partial charge is 0.323 e. The van der Waals surface area contributed by atoms with Crippen molar-refractivity contribution in [1.82, 2.24) is 4.90 Å². The largest absolute Gasteiger partial charge is 0.468 e. The highest BCUT2D eigenvalue weighted by molar-refractivity contribution is 5.77. The summed E-state index contributed by atoms with van der Waals surface area (Å²) in [5.74, 6) is 0.217. The molecule has 0 amide bonds. The van der Waals surface area contributed by atoms with Crippen LogP contribution in [-0.4, -0.2) is 30.1 Å². The highest BCUT2D eigenvalue weighted by atomic mass is 16.5. The number of nitrogens with zero attached hydrogens (tertiary/aromatic N) is 1. The minimum Gasteiger partial charge on any atom is -0.468 e. The van der Waals surface area contributed by atoms with Gasteiger partial charge in [0.25, 0.3) is 0 Å². The molecule has 1 aromatic carbocycles. The van der Waals surface area contributed by atoms with Crippen LogP contribution in [0.5, 0.6) is 0 Å². The minimum atomic E-state index is -0.109. The minimum absolute atomic E-state index is 0.106. The predicted octanol–water partition coefficient (Wildman–Crippen LogP) is 1.99. The molecular formula is C15H17NO2. The van der Waals surface area contributed by atoms with Gasteiger partial charge in [-0.2, -0.15) is 0 Å². The van der Waals surface area contributed by atoms with Crippen LogP contribution in [0.1, 0.15) is 12.0 Å². The second kappa shape index (κ2) is 4.58. The summed E-state index contributed by atoms with van der Waals surface area (Å²) in [6, 6.07) is 10.6. The lowest BCUT2D eigenvalue weighted by Crippen LogP contribution is -2.44. The number of likely N-dealkylation sites (tertiary alicyclic amines) is 1. The van der Waals surface area contributed by atoms with Gasteiger partial charge in [0.05, 0.1) is 7.11 Å². The molecule has 18 heavy (non-hydrogen) atoms. The molecule has 1 aliphatic heterocycles. The average Bonchev–Trinajstić information content (AvgIpc) is 3.00. The van der Waals surface area contributed by atoms with E-state index in [0.29, 0.717) is 12.0 Å². The van der Waals surface area contributed by atoms with Crippen LogP contribution in [0.3, 0.4) is 0 Å². The summed E-state index contributed by atoms with van der Waals surface area (Å²) >= 11 is 0. The molecule has 3 atom stereocenters. The molecule has 0 radical (unpaired) electrons. The van der Waals surface area contributed by atoms with Gasteiger partial charge in [0.1, 0.15) is 6.04 Å². The lowest BCUT2D eigenvalue weighted by atomic mass is 10.0. The lowest BCUT2D eigenvalue weighted by Gasteiger charge is -2.30. The zero-order valence-corrected chi connectivity index (χ0v) is 10.5. The first-order valence-electron chi connectivity index (χ1n) is 6.35. The molecule has 3 rings (SSSR count). The third-order valence-electron chi connectivity index (χ3n) is 3.93. The number of benzene rings is 1. The molecular weight excluding hydrogens is 226 g/mol. The maximum atomic E-state index is 11.9. The van der Waals surface area contributed by atoms with Crippen LogP contribution in [0, 0.1) is 5.92 Å². The number of ether oxygens (including phenoxy) is 1. The van der Waals surface area contributed by atoms with Crippen LogP contribution in [0.2, 0.25) is 0 Å². The van der Waals surface area contributed by atoms with Crippen molar-refractivity contribution in [2.24, 2.45) is 5.92 Å². The normalized spacial score (nSPS) is 29.7. The van der Waals surface area contributed by atoms with Crippen molar-refractivity contribution in [3.8, 4) is 0 Å². The maximum absolute atomic E-state index is 11.9. The van der Waals surface area contributed by atoms with E-state index in [0.717, 1.165) is 13.0 Å². The van der Waals surface area contributed by atoms with E-state index in [1.165, 1.54) is 12.7 Å². The molecule has 3 nitrogen and oxygen atoms in total. The topological polar surface area (TPSA) is 29.5 Å². The lowest BCUT2D eigenvalue weighted by molar-refractivity contribution is -0.147. The van der Waals surface area contributed by atoms with Crippen molar-refractivity contribution in [1.29, 1.82) is 0 Å². The van der Waals surface area contributed by atoms with Crippen molar-refractivity contribution < 1.29 is 9.53 Å². The fraction of sp³-hybridized carbons (Fsp3) is 0.400. The molecule has 0 spiro atoms. The summed E-state index contributed by atoms with van der Waals surface area (Å²) in [5.41, 5.74) is 1.24. The number of fused-ring (bicyclic) bond motifs is 2. The summed E-state index contributed by atoms with van der Waals surface area (Å²) < 4.78 is 4.94. The Labute approximate surface area is 107 Å². The Hall–Kier alpha value is -1.61. The van der Waals surface area contributed by atoms with Gasteiger partial charge in [0, 0.05) is 18.5 Å². The van der Waals surface area contributed by atoms with Crippen LogP contribution in [0.25, 0.3) is 0 Å². The van der Waals surface area contributed by atoms with Crippen LogP contribution >= 0.6 is 0 Å². The number of methoxy groups -OCH3 is 1.